The monoisotopic (exact) mass is 830 g/mol. The number of hydrogen-bond acceptors (Lipinski definition) is 7. The summed E-state index contributed by atoms with van der Waals surface area (Å²) < 4.78 is 51.8. The molecule has 4 aromatic rings. The van der Waals surface area contributed by atoms with Crippen molar-refractivity contribution < 1.29 is 32.9 Å². The van der Waals surface area contributed by atoms with Crippen LogP contribution in [-0.2, 0) is 40.4 Å². The van der Waals surface area contributed by atoms with Gasteiger partial charge in [-0.25, -0.2) is 22.9 Å². The zero-order valence-electron chi connectivity index (χ0n) is 29.9. The number of fused-ring (bicyclic) bond motifs is 2. The lowest BCUT2D eigenvalue weighted by molar-refractivity contribution is -0.139. The molecule has 11 nitrogen and oxygen atoms in total. The summed E-state index contributed by atoms with van der Waals surface area (Å²) in [5.74, 6) is -1.63. The second kappa shape index (κ2) is 18.1. The number of aromatic hydroxyl groups is 1. The van der Waals surface area contributed by atoms with Crippen LogP contribution in [0.4, 0.5) is 8.78 Å². The Morgan fingerprint density at radius 1 is 0.796 bits per heavy atom. The molecule has 0 saturated heterocycles. The summed E-state index contributed by atoms with van der Waals surface area (Å²) in [6.07, 6.45) is 5.49. The van der Waals surface area contributed by atoms with Crippen molar-refractivity contribution in [2.45, 2.75) is 79.1 Å². The van der Waals surface area contributed by atoms with Crippen molar-refractivity contribution in [2.24, 2.45) is 5.92 Å². The molecule has 0 bridgehead atoms. The van der Waals surface area contributed by atoms with E-state index in [0.29, 0.717) is 32.8 Å². The minimum absolute atomic E-state index is 0.000138. The van der Waals surface area contributed by atoms with Gasteiger partial charge in [0.15, 0.2) is 0 Å². The molecular weight excluding hydrogens is 792 g/mol. The van der Waals surface area contributed by atoms with E-state index in [1.54, 1.807) is 9.36 Å². The Hall–Kier alpha value is -3.91. The fraction of sp³-hybridized carbons (Fsp3) is 0.432. The molecule has 0 aliphatic carbocycles. The smallest absolute Gasteiger partial charge is 0.334 e. The Balaban J connectivity index is 0.000000237. The van der Waals surface area contributed by atoms with Crippen LogP contribution < -0.4 is 15.9 Å². The molecule has 0 unspecified atom stereocenters. The van der Waals surface area contributed by atoms with Crippen molar-refractivity contribution in [1.82, 2.24) is 18.7 Å². The quantitative estimate of drug-likeness (QED) is 0.0913. The molecule has 0 atom stereocenters. The van der Waals surface area contributed by atoms with Gasteiger partial charge in [-0.3, -0.25) is 19.0 Å². The number of carbonyl (C=O) groups excluding carboxylic acids is 1. The number of phenolic OH excluding ortho intramolecular Hbond substituents is 1. The first-order valence-electron chi connectivity index (χ1n) is 17.5. The number of benzene rings is 2. The molecule has 0 fully saturated rings. The van der Waals surface area contributed by atoms with Crippen molar-refractivity contribution in [3.8, 4) is 33.8 Å². The van der Waals surface area contributed by atoms with Crippen LogP contribution in [0, 0.1) is 17.6 Å². The first kappa shape index (κ1) is 41.3. The number of esters is 1. The van der Waals surface area contributed by atoms with Gasteiger partial charge in [0.25, 0.3) is 11.1 Å². The minimum Gasteiger partial charge on any atom is -0.506 e. The molecule has 4 heterocycles. The molecule has 1 N–H and O–H groups in total. The number of hydrogen-bond donors (Lipinski definition) is 1. The maximum atomic E-state index is 14.9. The molecule has 2 aliphatic rings. The molecule has 17 heteroatoms. The molecule has 2 aromatic carbocycles. The van der Waals surface area contributed by atoms with Crippen LogP contribution in [0.2, 0.25) is 20.4 Å². The van der Waals surface area contributed by atoms with E-state index in [1.165, 1.54) is 21.5 Å². The van der Waals surface area contributed by atoms with Crippen molar-refractivity contribution in [1.29, 1.82) is 0 Å². The Morgan fingerprint density at radius 2 is 1.30 bits per heavy atom. The van der Waals surface area contributed by atoms with Gasteiger partial charge in [-0.05, 0) is 62.3 Å². The number of carbonyl (C=O) groups is 1. The van der Waals surface area contributed by atoms with Crippen LogP contribution in [0.15, 0.2) is 45.7 Å². The maximum absolute atomic E-state index is 14.9. The van der Waals surface area contributed by atoms with E-state index in [2.05, 4.69) is 0 Å². The normalized spacial score (nSPS) is 13.9. The Kier molecular flexibility index (Phi) is 13.9. The predicted molar refractivity (Wildman–Crippen MR) is 204 cm³/mol. The Bertz CT molecular complexity index is 2170. The van der Waals surface area contributed by atoms with Crippen LogP contribution >= 0.6 is 46.4 Å². The molecule has 54 heavy (non-hydrogen) atoms. The lowest BCUT2D eigenvalue weighted by atomic mass is 10.1. The molecule has 0 radical (unpaired) electrons. The average molecular weight is 833 g/mol. The summed E-state index contributed by atoms with van der Waals surface area (Å²) in [6.45, 7) is 8.59. The van der Waals surface area contributed by atoms with Crippen molar-refractivity contribution in [3.63, 3.8) is 0 Å². The third-order valence-electron chi connectivity index (χ3n) is 8.62. The lowest BCUT2D eigenvalue weighted by Crippen LogP contribution is -2.27. The highest BCUT2D eigenvalue weighted by Gasteiger charge is 2.27. The van der Waals surface area contributed by atoms with E-state index >= 15 is 0 Å². The van der Waals surface area contributed by atoms with Crippen molar-refractivity contribution >= 4 is 52.4 Å². The van der Waals surface area contributed by atoms with E-state index in [1.807, 2.05) is 20.8 Å². The number of aromatic nitrogens is 4. The van der Waals surface area contributed by atoms with Crippen LogP contribution in [0.25, 0.3) is 22.3 Å². The number of phenols is 1. The fourth-order valence-corrected chi connectivity index (χ4v) is 7.07. The van der Waals surface area contributed by atoms with Gasteiger partial charge in [0.2, 0.25) is 0 Å². The Morgan fingerprint density at radius 3 is 1.80 bits per heavy atom. The topological polar surface area (TPSA) is 119 Å². The van der Waals surface area contributed by atoms with Crippen LogP contribution in [0.5, 0.6) is 11.5 Å². The van der Waals surface area contributed by atoms with E-state index in [0.717, 1.165) is 50.3 Å². The van der Waals surface area contributed by atoms with Gasteiger partial charge >= 0.3 is 5.97 Å². The van der Waals surface area contributed by atoms with E-state index < -0.39 is 17.6 Å². The first-order chi connectivity index (χ1) is 25.7. The molecule has 2 aliphatic heterocycles. The Labute approximate surface area is 330 Å². The number of halogens is 6. The predicted octanol–water partition coefficient (Wildman–Crippen LogP) is 8.71. The number of ether oxygens (including phenoxy) is 3. The molecule has 0 saturated carbocycles. The summed E-state index contributed by atoms with van der Waals surface area (Å²) in [5.41, 5.74) is -0.612. The van der Waals surface area contributed by atoms with Crippen LogP contribution in [-0.4, -0.2) is 49.6 Å². The zero-order chi connectivity index (χ0) is 39.3. The van der Waals surface area contributed by atoms with E-state index in [-0.39, 0.29) is 90.1 Å². The zero-order valence-corrected chi connectivity index (χ0v) is 32.9. The third-order valence-corrected chi connectivity index (χ3v) is 9.99. The molecule has 2 aromatic heterocycles. The van der Waals surface area contributed by atoms with E-state index in [9.17, 15) is 28.3 Å². The SMILES string of the molecule is CCCO/C(=C/C(=O)OCC(C)C)COc1cc(-c2c(Cl)n3n(c2=O)CCCC3)c(F)cc1Cl.O=c1c(-c2cc(O)c(Cl)cc2F)c(Cl)n2n1CCCC2. The number of rotatable bonds is 11. The van der Waals surface area contributed by atoms with Gasteiger partial charge < -0.3 is 19.3 Å². The molecule has 292 valence electrons. The minimum atomic E-state index is -0.685. The molecule has 0 amide bonds. The molecule has 0 spiro atoms. The average Bonchev–Trinajstić information content (AvgIpc) is 3.55. The first-order valence-corrected chi connectivity index (χ1v) is 19.0. The van der Waals surface area contributed by atoms with Gasteiger partial charge in [-0.2, -0.15) is 0 Å². The third kappa shape index (κ3) is 9.13. The van der Waals surface area contributed by atoms with Crippen LogP contribution in [0.1, 0.15) is 52.9 Å². The highest BCUT2D eigenvalue weighted by atomic mass is 35.5. The van der Waals surface area contributed by atoms with Gasteiger partial charge in [-0.15, -0.1) is 0 Å². The summed E-state index contributed by atoms with van der Waals surface area (Å²) in [5, 5.41) is 9.89. The standard InChI is InChI=1S/C24H29Cl2FN2O5.C13H11Cl2FN2O2/c1-4-9-32-16(10-21(30)34-13-15(2)3)14-33-20-11-17(19(27)12-18(20)25)22-23(26)28-7-5-6-8-29(28)24(22)31;14-8-6-9(16)7(5-10(8)19)11-12(15)17-3-1-2-4-18(17)13(11)20/h10-12,15H,4-9,13-14H2,1-3H3;5-6,19H,1-4H2/b16-10+;. The fourth-order valence-electron chi connectivity index (χ4n) is 5.99. The number of nitrogens with zero attached hydrogens (tertiary/aromatic N) is 4. The van der Waals surface area contributed by atoms with Gasteiger partial charge in [0.1, 0.15) is 45.8 Å². The lowest BCUT2D eigenvalue weighted by Gasteiger charge is -2.17. The van der Waals surface area contributed by atoms with Crippen molar-refractivity contribution in [3.05, 3.63) is 88.8 Å². The molecular formula is C37H40Cl4F2N4O7. The highest BCUT2D eigenvalue weighted by Crippen LogP contribution is 2.37. The molecule has 6 rings (SSSR count). The summed E-state index contributed by atoms with van der Waals surface area (Å²) in [6, 6.07) is 4.54. The van der Waals surface area contributed by atoms with Gasteiger partial charge in [-0.1, -0.05) is 67.2 Å². The van der Waals surface area contributed by atoms with Crippen molar-refractivity contribution in [2.75, 3.05) is 19.8 Å². The van der Waals surface area contributed by atoms with Gasteiger partial charge in [0, 0.05) is 37.3 Å². The second-order valence-electron chi connectivity index (χ2n) is 13.2. The summed E-state index contributed by atoms with van der Waals surface area (Å²) in [4.78, 5) is 37.4. The van der Waals surface area contributed by atoms with E-state index in [4.69, 9.17) is 60.6 Å². The summed E-state index contributed by atoms with van der Waals surface area (Å²) in [7, 11) is 0. The largest absolute Gasteiger partial charge is 0.506 e. The highest BCUT2D eigenvalue weighted by molar-refractivity contribution is 6.34. The van der Waals surface area contributed by atoms with Gasteiger partial charge in [0.05, 0.1) is 40.5 Å². The van der Waals surface area contributed by atoms with Crippen LogP contribution in [0.3, 0.4) is 0 Å². The summed E-state index contributed by atoms with van der Waals surface area (Å²) >= 11 is 24.5. The maximum Gasteiger partial charge on any atom is 0.334 e. The second-order valence-corrected chi connectivity index (χ2v) is 14.7.